The maximum Gasteiger partial charge on any atom is 0.246 e. The number of hydrogen-bond donors (Lipinski definition) is 2. The third kappa shape index (κ3) is 4.61. The Morgan fingerprint density at radius 3 is 2.65 bits per heavy atom. The highest BCUT2D eigenvalue weighted by molar-refractivity contribution is 5.98. The van der Waals surface area contributed by atoms with E-state index in [1.54, 1.807) is 16.8 Å². The highest BCUT2D eigenvalue weighted by Crippen LogP contribution is 2.38. The number of rotatable bonds is 7. The highest BCUT2D eigenvalue weighted by atomic mass is 16.2. The average molecular weight is 464 g/mol. The Morgan fingerprint density at radius 2 is 1.94 bits per heavy atom. The molecule has 0 bridgehead atoms. The molecule has 2 amide bonds. The second kappa shape index (κ2) is 9.28. The minimum absolute atomic E-state index is 0.00582. The number of anilines is 1. The van der Waals surface area contributed by atoms with Crippen molar-refractivity contribution in [3.8, 4) is 11.4 Å². The summed E-state index contributed by atoms with van der Waals surface area (Å²) in [5.41, 5.74) is 6.60. The number of H-pyrrole nitrogens is 2. The van der Waals surface area contributed by atoms with Gasteiger partial charge in [0.25, 0.3) is 0 Å². The summed E-state index contributed by atoms with van der Waals surface area (Å²) in [7, 11) is 1.77. The summed E-state index contributed by atoms with van der Waals surface area (Å²) >= 11 is 0. The van der Waals surface area contributed by atoms with Crippen LogP contribution in [0.4, 0.5) is 5.69 Å². The lowest BCUT2D eigenvalue weighted by atomic mass is 9.76. The molecule has 4 rings (SSSR count). The van der Waals surface area contributed by atoms with Gasteiger partial charge in [-0.05, 0) is 56.2 Å². The summed E-state index contributed by atoms with van der Waals surface area (Å²) in [4.78, 5) is 32.3. The molecule has 7 heteroatoms. The topological polar surface area (TPSA) is 85.1 Å². The van der Waals surface area contributed by atoms with E-state index in [9.17, 15) is 9.59 Å². The monoisotopic (exact) mass is 463 g/mol. The number of amides is 2. The number of likely N-dealkylation sites (N-methyl/N-ethyl adjacent to an activating group) is 1. The third-order valence-electron chi connectivity index (χ3n) is 7.33. The van der Waals surface area contributed by atoms with E-state index in [1.165, 1.54) is 11.3 Å². The van der Waals surface area contributed by atoms with Crippen LogP contribution in [-0.4, -0.2) is 51.5 Å². The predicted molar refractivity (Wildman–Crippen MR) is 137 cm³/mol. The number of aromatic amines is 2. The molecule has 1 atom stereocenters. The Labute approximate surface area is 201 Å². The molecule has 0 aliphatic heterocycles. The molecule has 3 aromatic rings. The van der Waals surface area contributed by atoms with Crippen molar-refractivity contribution in [1.82, 2.24) is 20.1 Å². The molecule has 1 aliphatic carbocycles. The van der Waals surface area contributed by atoms with Gasteiger partial charge in [-0.15, -0.1) is 0 Å². The Bertz CT molecular complexity index is 1210. The Hall–Kier alpha value is -3.09. The van der Waals surface area contributed by atoms with E-state index in [1.807, 2.05) is 39.0 Å². The first-order valence-corrected chi connectivity index (χ1v) is 12.4. The molecule has 0 unspecified atom stereocenters. The third-order valence-corrected chi connectivity index (χ3v) is 7.33. The normalized spacial score (nSPS) is 15.7. The van der Waals surface area contributed by atoms with Crippen molar-refractivity contribution in [2.75, 3.05) is 18.5 Å². The Kier molecular flexibility index (Phi) is 6.56. The van der Waals surface area contributed by atoms with Gasteiger partial charge in [0.1, 0.15) is 12.2 Å². The zero-order valence-corrected chi connectivity index (χ0v) is 21.3. The number of carbonyl (C=O) groups excluding carboxylic acids is 2. The SMILES string of the molecule is CCC(=O)N(CC(=O)N(C)c1ccc2cc(-c3n[nH]c4c3CCC(C)(C)C4)[nH]c2c1)[C@H](C)CC. The van der Waals surface area contributed by atoms with Gasteiger partial charge in [0.15, 0.2) is 0 Å². The maximum atomic E-state index is 13.0. The van der Waals surface area contributed by atoms with E-state index < -0.39 is 0 Å². The number of aromatic nitrogens is 3. The molecule has 7 nitrogen and oxygen atoms in total. The standard InChI is InChI=1S/C27H37N5O2/c1-7-17(3)32(24(33)8-2)16-25(34)31(6)19-10-9-18-13-22(28-21(18)14-19)26-20-11-12-27(4,5)15-23(20)29-30-26/h9-10,13-14,17,28H,7-8,11-12,15-16H2,1-6H3,(H,29,30)/t17-/m1/s1. The smallest absolute Gasteiger partial charge is 0.246 e. The van der Waals surface area contributed by atoms with Crippen molar-refractivity contribution in [3.05, 3.63) is 35.5 Å². The summed E-state index contributed by atoms with van der Waals surface area (Å²) in [6, 6.07) is 8.13. The lowest BCUT2D eigenvalue weighted by molar-refractivity contribution is -0.137. The first-order chi connectivity index (χ1) is 16.1. The second-order valence-electron chi connectivity index (χ2n) is 10.4. The van der Waals surface area contributed by atoms with Gasteiger partial charge in [-0.2, -0.15) is 5.10 Å². The fourth-order valence-corrected chi connectivity index (χ4v) is 4.83. The molecule has 0 saturated carbocycles. The van der Waals surface area contributed by atoms with Crippen molar-refractivity contribution < 1.29 is 9.59 Å². The maximum absolute atomic E-state index is 13.0. The molecule has 0 radical (unpaired) electrons. The number of nitrogens with one attached hydrogen (secondary N) is 2. The van der Waals surface area contributed by atoms with Crippen LogP contribution in [0.3, 0.4) is 0 Å². The first-order valence-electron chi connectivity index (χ1n) is 12.4. The molecule has 182 valence electrons. The fraction of sp³-hybridized carbons (Fsp3) is 0.519. The van der Waals surface area contributed by atoms with Crippen LogP contribution in [0.5, 0.6) is 0 Å². The number of benzene rings is 1. The van der Waals surface area contributed by atoms with Gasteiger partial charge in [-0.1, -0.05) is 33.8 Å². The van der Waals surface area contributed by atoms with E-state index >= 15 is 0 Å². The first kappa shape index (κ1) is 24.0. The second-order valence-corrected chi connectivity index (χ2v) is 10.4. The van der Waals surface area contributed by atoms with Gasteiger partial charge in [-0.25, -0.2) is 0 Å². The molecule has 2 aromatic heterocycles. The minimum atomic E-state index is -0.0998. The van der Waals surface area contributed by atoms with Gasteiger partial charge in [-0.3, -0.25) is 14.7 Å². The van der Waals surface area contributed by atoms with Crippen LogP contribution in [0.2, 0.25) is 0 Å². The van der Waals surface area contributed by atoms with Crippen LogP contribution in [0.1, 0.15) is 65.1 Å². The van der Waals surface area contributed by atoms with E-state index in [2.05, 4.69) is 35.1 Å². The zero-order valence-electron chi connectivity index (χ0n) is 21.3. The largest absolute Gasteiger partial charge is 0.353 e. The molecule has 0 spiro atoms. The molecule has 0 saturated heterocycles. The molecule has 34 heavy (non-hydrogen) atoms. The van der Waals surface area contributed by atoms with E-state index in [0.29, 0.717) is 11.8 Å². The van der Waals surface area contributed by atoms with Crippen molar-refractivity contribution in [2.24, 2.45) is 5.41 Å². The quantitative estimate of drug-likeness (QED) is 0.513. The van der Waals surface area contributed by atoms with Gasteiger partial charge < -0.3 is 14.8 Å². The fourth-order valence-electron chi connectivity index (χ4n) is 4.83. The summed E-state index contributed by atoms with van der Waals surface area (Å²) in [6.07, 6.45) is 4.40. The minimum Gasteiger partial charge on any atom is -0.353 e. The van der Waals surface area contributed by atoms with Crippen molar-refractivity contribution in [3.63, 3.8) is 0 Å². The number of nitrogens with zero attached hydrogens (tertiary/aromatic N) is 3. The van der Waals surface area contributed by atoms with Crippen LogP contribution < -0.4 is 4.90 Å². The lowest BCUT2D eigenvalue weighted by Crippen LogP contribution is -2.45. The van der Waals surface area contributed by atoms with Gasteiger partial charge in [0.05, 0.1) is 5.69 Å². The zero-order chi connectivity index (χ0) is 24.6. The number of hydrogen-bond acceptors (Lipinski definition) is 3. The van der Waals surface area contributed by atoms with E-state index in [-0.39, 0.29) is 24.4 Å². The summed E-state index contributed by atoms with van der Waals surface area (Å²) in [5, 5.41) is 8.98. The number of fused-ring (bicyclic) bond motifs is 2. The molecular formula is C27H37N5O2. The molecule has 2 heterocycles. The highest BCUT2D eigenvalue weighted by Gasteiger charge is 2.29. The van der Waals surface area contributed by atoms with Crippen LogP contribution in [0, 0.1) is 5.41 Å². The number of carbonyl (C=O) groups is 2. The predicted octanol–water partition coefficient (Wildman–Crippen LogP) is 5.07. The summed E-state index contributed by atoms with van der Waals surface area (Å²) in [6.45, 7) is 10.5. The Balaban J connectivity index is 1.56. The van der Waals surface area contributed by atoms with Gasteiger partial charge in [0, 0.05) is 47.4 Å². The van der Waals surface area contributed by atoms with Crippen LogP contribution in [-0.2, 0) is 22.4 Å². The van der Waals surface area contributed by atoms with Gasteiger partial charge >= 0.3 is 0 Å². The van der Waals surface area contributed by atoms with Crippen molar-refractivity contribution >= 4 is 28.4 Å². The molecule has 0 fully saturated rings. The molecule has 1 aliphatic rings. The summed E-state index contributed by atoms with van der Waals surface area (Å²) < 4.78 is 0. The van der Waals surface area contributed by atoms with Crippen molar-refractivity contribution in [2.45, 2.75) is 72.8 Å². The Morgan fingerprint density at radius 1 is 1.18 bits per heavy atom. The lowest BCUT2D eigenvalue weighted by Gasteiger charge is -2.29. The molecular weight excluding hydrogens is 426 g/mol. The van der Waals surface area contributed by atoms with E-state index in [0.717, 1.165) is 53.7 Å². The van der Waals surface area contributed by atoms with Crippen LogP contribution in [0.25, 0.3) is 22.3 Å². The molecule has 1 aromatic carbocycles. The van der Waals surface area contributed by atoms with E-state index in [4.69, 9.17) is 0 Å². The van der Waals surface area contributed by atoms with Crippen molar-refractivity contribution in [1.29, 1.82) is 0 Å². The summed E-state index contributed by atoms with van der Waals surface area (Å²) in [5.74, 6) is -0.0940. The van der Waals surface area contributed by atoms with Crippen LogP contribution >= 0.6 is 0 Å². The molecule has 2 N–H and O–H groups in total. The average Bonchev–Trinajstić information content (AvgIpc) is 3.42. The van der Waals surface area contributed by atoms with Gasteiger partial charge in [0.2, 0.25) is 11.8 Å². The van der Waals surface area contributed by atoms with Crippen LogP contribution in [0.15, 0.2) is 24.3 Å².